The molecule has 0 spiro atoms. The normalized spacial score (nSPS) is 10.9. The maximum atomic E-state index is 12.5. The lowest BCUT2D eigenvalue weighted by molar-refractivity contribution is 0.0953. The summed E-state index contributed by atoms with van der Waals surface area (Å²) in [5.41, 5.74) is 3.21. The van der Waals surface area contributed by atoms with Gasteiger partial charge in [-0.1, -0.05) is 30.3 Å². The fraction of sp³-hybridized carbons (Fsp3) is 0.300. The number of nitrogens with zero attached hydrogens (tertiary/aromatic N) is 4. The molecule has 0 saturated heterocycles. The molecule has 0 bridgehead atoms. The Bertz CT molecular complexity index is 886. The molecule has 6 nitrogen and oxygen atoms in total. The van der Waals surface area contributed by atoms with Crippen LogP contribution in [0.1, 0.15) is 41.8 Å². The fourth-order valence-corrected chi connectivity index (χ4v) is 2.83. The third-order valence-corrected chi connectivity index (χ3v) is 4.24. The highest BCUT2D eigenvalue weighted by molar-refractivity contribution is 5.95. The molecule has 2 heterocycles. The van der Waals surface area contributed by atoms with Gasteiger partial charge in [0.15, 0.2) is 0 Å². The number of aryl methyl sites for hydroxylation is 1. The summed E-state index contributed by atoms with van der Waals surface area (Å²) in [5.74, 6) is 0.750. The maximum absolute atomic E-state index is 12.5. The summed E-state index contributed by atoms with van der Waals surface area (Å²) in [6, 6.07) is 13.9. The molecule has 1 N–H and O–H groups in total. The molecule has 1 amide bonds. The Labute approximate surface area is 153 Å². The quantitative estimate of drug-likeness (QED) is 0.742. The van der Waals surface area contributed by atoms with Crippen LogP contribution in [0.4, 0.5) is 0 Å². The number of nitrogens with one attached hydrogen (secondary N) is 1. The van der Waals surface area contributed by atoms with E-state index < -0.39 is 0 Å². The zero-order valence-corrected chi connectivity index (χ0v) is 15.3. The summed E-state index contributed by atoms with van der Waals surface area (Å²) in [6.07, 6.45) is 2.36. The van der Waals surface area contributed by atoms with Crippen molar-refractivity contribution in [3.63, 3.8) is 0 Å². The Morgan fingerprint density at radius 1 is 1.15 bits per heavy atom. The lowest BCUT2D eigenvalue weighted by Gasteiger charge is -2.11. The van der Waals surface area contributed by atoms with Crippen molar-refractivity contribution in [2.24, 2.45) is 0 Å². The molecule has 0 atom stereocenters. The van der Waals surface area contributed by atoms with E-state index in [2.05, 4.69) is 34.3 Å². The van der Waals surface area contributed by atoms with Gasteiger partial charge >= 0.3 is 0 Å². The summed E-state index contributed by atoms with van der Waals surface area (Å²) in [6.45, 7) is 6.52. The molecule has 26 heavy (non-hydrogen) atoms. The average molecular weight is 349 g/mol. The predicted molar refractivity (Wildman–Crippen MR) is 101 cm³/mol. The van der Waals surface area contributed by atoms with E-state index in [-0.39, 0.29) is 5.91 Å². The van der Waals surface area contributed by atoms with Crippen molar-refractivity contribution in [3.05, 3.63) is 65.9 Å². The topological polar surface area (TPSA) is 72.7 Å². The summed E-state index contributed by atoms with van der Waals surface area (Å²) < 4.78 is 2.01. The summed E-state index contributed by atoms with van der Waals surface area (Å²) in [4.78, 5) is 17.0. The van der Waals surface area contributed by atoms with Gasteiger partial charge in [0.05, 0.1) is 17.0 Å². The molecule has 0 aliphatic rings. The molecule has 2 aromatic heterocycles. The van der Waals surface area contributed by atoms with Crippen molar-refractivity contribution in [1.82, 2.24) is 25.1 Å². The van der Waals surface area contributed by atoms with Crippen molar-refractivity contribution < 1.29 is 4.79 Å². The Balaban J connectivity index is 1.64. The minimum Gasteiger partial charge on any atom is -0.352 e. The molecule has 0 unspecified atom stereocenters. The third-order valence-electron chi connectivity index (χ3n) is 4.24. The van der Waals surface area contributed by atoms with Gasteiger partial charge in [-0.3, -0.25) is 9.78 Å². The van der Waals surface area contributed by atoms with Crippen LogP contribution in [0.15, 0.2) is 48.8 Å². The minimum absolute atomic E-state index is 0.120. The Morgan fingerprint density at radius 3 is 2.62 bits per heavy atom. The van der Waals surface area contributed by atoms with Crippen LogP contribution >= 0.6 is 0 Å². The highest BCUT2D eigenvalue weighted by atomic mass is 16.1. The van der Waals surface area contributed by atoms with E-state index in [0.29, 0.717) is 30.3 Å². The molecule has 0 aliphatic heterocycles. The summed E-state index contributed by atoms with van der Waals surface area (Å²) in [5, 5.41) is 11.0. The first-order valence-electron chi connectivity index (χ1n) is 8.76. The van der Waals surface area contributed by atoms with Crippen molar-refractivity contribution in [1.29, 1.82) is 0 Å². The fourth-order valence-electron chi connectivity index (χ4n) is 2.83. The summed E-state index contributed by atoms with van der Waals surface area (Å²) >= 11 is 0. The number of carbonyl (C=O) groups excluding carboxylic acids is 1. The lowest BCUT2D eigenvalue weighted by Crippen LogP contribution is -2.27. The van der Waals surface area contributed by atoms with Gasteiger partial charge in [-0.15, -0.1) is 10.2 Å². The zero-order chi connectivity index (χ0) is 18.5. The van der Waals surface area contributed by atoms with E-state index in [1.54, 1.807) is 6.33 Å². The highest BCUT2D eigenvalue weighted by Gasteiger charge is 2.12. The molecular weight excluding hydrogens is 326 g/mol. The standard InChI is InChI=1S/C20H23N5O/c1-14(2)25-13-22-24-19(25)11-12-21-20(26)17-9-10-18(23-15(17)3)16-7-5-4-6-8-16/h4-10,13-14H,11-12H2,1-3H3,(H,21,26). The zero-order valence-electron chi connectivity index (χ0n) is 15.3. The van der Waals surface area contributed by atoms with Crippen molar-refractivity contribution in [3.8, 4) is 11.3 Å². The van der Waals surface area contributed by atoms with Crippen molar-refractivity contribution >= 4 is 5.91 Å². The van der Waals surface area contributed by atoms with Gasteiger partial charge < -0.3 is 9.88 Å². The van der Waals surface area contributed by atoms with Crippen LogP contribution in [-0.4, -0.2) is 32.2 Å². The second-order valence-corrected chi connectivity index (χ2v) is 6.45. The second kappa shape index (κ2) is 7.91. The first-order valence-corrected chi connectivity index (χ1v) is 8.76. The molecule has 3 aromatic rings. The van der Waals surface area contributed by atoms with E-state index in [9.17, 15) is 4.79 Å². The number of benzene rings is 1. The van der Waals surface area contributed by atoms with E-state index in [4.69, 9.17) is 0 Å². The third kappa shape index (κ3) is 3.96. The number of rotatable bonds is 6. The molecule has 0 aliphatic carbocycles. The van der Waals surface area contributed by atoms with Gasteiger partial charge in [0.25, 0.3) is 5.91 Å². The first kappa shape index (κ1) is 17.8. The summed E-state index contributed by atoms with van der Waals surface area (Å²) in [7, 11) is 0. The molecule has 6 heteroatoms. The van der Waals surface area contributed by atoms with Gasteiger partial charge in [-0.2, -0.15) is 0 Å². The lowest BCUT2D eigenvalue weighted by atomic mass is 10.1. The Hall–Kier alpha value is -3.02. The van der Waals surface area contributed by atoms with E-state index in [1.807, 2.05) is 54.0 Å². The monoisotopic (exact) mass is 349 g/mol. The molecule has 0 saturated carbocycles. The van der Waals surface area contributed by atoms with Crippen LogP contribution in [0.5, 0.6) is 0 Å². The number of carbonyl (C=O) groups is 1. The Kier molecular flexibility index (Phi) is 5.41. The number of hydrogen-bond acceptors (Lipinski definition) is 4. The first-order chi connectivity index (χ1) is 12.6. The smallest absolute Gasteiger partial charge is 0.253 e. The second-order valence-electron chi connectivity index (χ2n) is 6.45. The predicted octanol–water partition coefficient (Wildman–Crippen LogP) is 3.20. The number of aromatic nitrogens is 4. The average Bonchev–Trinajstić information content (AvgIpc) is 3.11. The van der Waals surface area contributed by atoms with Crippen LogP contribution in [0.2, 0.25) is 0 Å². The Morgan fingerprint density at radius 2 is 1.92 bits per heavy atom. The number of amides is 1. The van der Waals surface area contributed by atoms with Crippen LogP contribution in [-0.2, 0) is 6.42 Å². The number of hydrogen-bond donors (Lipinski definition) is 1. The van der Waals surface area contributed by atoms with Gasteiger partial charge in [-0.05, 0) is 32.9 Å². The van der Waals surface area contributed by atoms with Crippen molar-refractivity contribution in [2.45, 2.75) is 33.2 Å². The SMILES string of the molecule is Cc1nc(-c2ccccc2)ccc1C(=O)NCCc1nncn1C(C)C. The van der Waals surface area contributed by atoms with Crippen molar-refractivity contribution in [2.75, 3.05) is 6.54 Å². The molecule has 0 radical (unpaired) electrons. The maximum Gasteiger partial charge on any atom is 0.253 e. The highest BCUT2D eigenvalue weighted by Crippen LogP contribution is 2.18. The van der Waals surface area contributed by atoms with Gasteiger partial charge in [-0.25, -0.2) is 0 Å². The largest absolute Gasteiger partial charge is 0.352 e. The minimum atomic E-state index is -0.120. The van der Waals surface area contributed by atoms with Gasteiger partial charge in [0.1, 0.15) is 12.2 Å². The number of pyridine rings is 1. The van der Waals surface area contributed by atoms with E-state index in [0.717, 1.165) is 17.1 Å². The van der Waals surface area contributed by atoms with Crippen LogP contribution < -0.4 is 5.32 Å². The molecule has 3 rings (SSSR count). The molecule has 0 fully saturated rings. The van der Waals surface area contributed by atoms with Gasteiger partial charge in [0.2, 0.25) is 0 Å². The van der Waals surface area contributed by atoms with Crippen LogP contribution in [0, 0.1) is 6.92 Å². The molecule has 1 aromatic carbocycles. The molecular formula is C20H23N5O. The van der Waals surface area contributed by atoms with Crippen LogP contribution in [0.25, 0.3) is 11.3 Å². The van der Waals surface area contributed by atoms with Gasteiger partial charge in [0, 0.05) is 24.6 Å². The molecule has 134 valence electrons. The van der Waals surface area contributed by atoms with E-state index in [1.165, 1.54) is 0 Å². The van der Waals surface area contributed by atoms with Crippen LogP contribution in [0.3, 0.4) is 0 Å². The van der Waals surface area contributed by atoms with E-state index >= 15 is 0 Å².